The monoisotopic (exact) mass is 268 g/mol. The van der Waals surface area contributed by atoms with E-state index in [1.54, 1.807) is 6.20 Å². The number of nitrogens with one attached hydrogen (secondary N) is 1. The third kappa shape index (κ3) is 2.53. The van der Waals surface area contributed by atoms with Gasteiger partial charge in [0, 0.05) is 17.6 Å². The largest absolute Gasteiger partial charge is 0.418 e. The molecule has 0 saturated carbocycles. The first kappa shape index (κ1) is 12.7. The third-order valence-electron chi connectivity index (χ3n) is 3.00. The minimum Gasteiger partial charge on any atom is -0.418 e. The van der Waals surface area contributed by atoms with Gasteiger partial charge in [-0.05, 0) is 11.5 Å². The minimum atomic E-state index is 0.376. The van der Waals surface area contributed by atoms with Gasteiger partial charge in [-0.15, -0.1) is 10.2 Å². The average molecular weight is 268 g/mol. The molecule has 0 bridgehead atoms. The van der Waals surface area contributed by atoms with E-state index in [-0.39, 0.29) is 0 Å². The second kappa shape index (κ2) is 5.38. The Balaban J connectivity index is 1.95. The molecule has 0 atom stereocenters. The van der Waals surface area contributed by atoms with Crippen LogP contribution in [0.4, 0.5) is 0 Å². The van der Waals surface area contributed by atoms with Crippen molar-refractivity contribution in [2.24, 2.45) is 0 Å². The van der Waals surface area contributed by atoms with Gasteiger partial charge in [0.1, 0.15) is 5.69 Å². The van der Waals surface area contributed by atoms with Gasteiger partial charge in [0.05, 0.1) is 6.54 Å². The quantitative estimate of drug-likeness (QED) is 0.788. The standard InChI is InChI=1S/C15H16N4O/c1-10(2)17-9-13-18-19-15(20-13)14-12-6-4-3-5-11(12)7-8-16-14/h3-8,10,17H,9H2,1-2H3. The van der Waals surface area contributed by atoms with Crippen LogP contribution in [0, 0.1) is 0 Å². The van der Waals surface area contributed by atoms with E-state index in [1.807, 2.05) is 30.3 Å². The lowest BCUT2D eigenvalue weighted by Gasteiger charge is -2.03. The lowest BCUT2D eigenvalue weighted by atomic mass is 10.1. The van der Waals surface area contributed by atoms with Crippen LogP contribution in [0.5, 0.6) is 0 Å². The van der Waals surface area contributed by atoms with Crippen molar-refractivity contribution in [3.63, 3.8) is 0 Å². The van der Waals surface area contributed by atoms with E-state index in [2.05, 4.69) is 34.3 Å². The molecular weight excluding hydrogens is 252 g/mol. The maximum absolute atomic E-state index is 5.68. The number of benzene rings is 1. The van der Waals surface area contributed by atoms with Crippen LogP contribution < -0.4 is 5.32 Å². The summed E-state index contributed by atoms with van der Waals surface area (Å²) in [6.45, 7) is 4.71. The zero-order chi connectivity index (χ0) is 13.9. The number of pyridine rings is 1. The molecule has 102 valence electrons. The maximum atomic E-state index is 5.68. The minimum absolute atomic E-state index is 0.376. The molecule has 0 aliphatic rings. The fraction of sp³-hybridized carbons (Fsp3) is 0.267. The summed E-state index contributed by atoms with van der Waals surface area (Å²) >= 11 is 0. The van der Waals surface area contributed by atoms with Gasteiger partial charge < -0.3 is 9.73 Å². The summed E-state index contributed by atoms with van der Waals surface area (Å²) in [5, 5.41) is 13.5. The predicted molar refractivity (Wildman–Crippen MR) is 77.0 cm³/mol. The van der Waals surface area contributed by atoms with E-state index in [4.69, 9.17) is 4.42 Å². The van der Waals surface area contributed by atoms with Crippen molar-refractivity contribution in [3.05, 3.63) is 42.4 Å². The van der Waals surface area contributed by atoms with E-state index in [9.17, 15) is 0 Å². The van der Waals surface area contributed by atoms with Crippen molar-refractivity contribution in [3.8, 4) is 11.6 Å². The summed E-state index contributed by atoms with van der Waals surface area (Å²) in [5.74, 6) is 1.03. The molecule has 0 saturated heterocycles. The molecule has 1 aromatic carbocycles. The number of hydrogen-bond acceptors (Lipinski definition) is 5. The van der Waals surface area contributed by atoms with Crippen molar-refractivity contribution in [2.75, 3.05) is 0 Å². The Bertz CT molecular complexity index is 715. The molecule has 1 N–H and O–H groups in total. The van der Waals surface area contributed by atoms with Crippen LogP contribution in [0.3, 0.4) is 0 Å². The van der Waals surface area contributed by atoms with Crippen LogP contribution >= 0.6 is 0 Å². The summed E-state index contributed by atoms with van der Waals surface area (Å²) in [4.78, 5) is 4.37. The van der Waals surface area contributed by atoms with Gasteiger partial charge in [-0.2, -0.15) is 0 Å². The number of aromatic nitrogens is 3. The van der Waals surface area contributed by atoms with Crippen molar-refractivity contribution in [2.45, 2.75) is 26.4 Å². The van der Waals surface area contributed by atoms with Crippen molar-refractivity contribution < 1.29 is 4.42 Å². The highest BCUT2D eigenvalue weighted by atomic mass is 16.4. The molecular formula is C15H16N4O. The topological polar surface area (TPSA) is 63.8 Å². The maximum Gasteiger partial charge on any atom is 0.266 e. The Morgan fingerprint density at radius 1 is 1.15 bits per heavy atom. The second-order valence-corrected chi connectivity index (χ2v) is 4.92. The fourth-order valence-electron chi connectivity index (χ4n) is 2.00. The summed E-state index contributed by atoms with van der Waals surface area (Å²) < 4.78 is 5.68. The highest BCUT2D eigenvalue weighted by Gasteiger charge is 2.12. The molecule has 0 amide bonds. The van der Waals surface area contributed by atoms with Gasteiger partial charge in [-0.3, -0.25) is 4.98 Å². The van der Waals surface area contributed by atoms with Crippen molar-refractivity contribution in [1.29, 1.82) is 0 Å². The van der Waals surface area contributed by atoms with Crippen LogP contribution in [-0.4, -0.2) is 21.2 Å². The lowest BCUT2D eigenvalue weighted by Crippen LogP contribution is -2.21. The molecule has 0 radical (unpaired) electrons. The van der Waals surface area contributed by atoms with Crippen LogP contribution in [0.1, 0.15) is 19.7 Å². The van der Waals surface area contributed by atoms with Gasteiger partial charge in [-0.25, -0.2) is 0 Å². The summed E-state index contributed by atoms with van der Waals surface area (Å²) in [6.07, 6.45) is 1.76. The zero-order valence-corrected chi connectivity index (χ0v) is 11.5. The first-order chi connectivity index (χ1) is 9.74. The van der Waals surface area contributed by atoms with E-state index < -0.39 is 0 Å². The molecule has 3 aromatic rings. The number of rotatable bonds is 4. The predicted octanol–water partition coefficient (Wildman–Crippen LogP) is 2.78. The molecule has 2 heterocycles. The van der Waals surface area contributed by atoms with E-state index in [0.717, 1.165) is 16.5 Å². The Hall–Kier alpha value is -2.27. The van der Waals surface area contributed by atoms with Crippen molar-refractivity contribution >= 4 is 10.8 Å². The third-order valence-corrected chi connectivity index (χ3v) is 3.00. The first-order valence-corrected chi connectivity index (χ1v) is 6.64. The van der Waals surface area contributed by atoms with E-state index in [0.29, 0.717) is 24.4 Å². The van der Waals surface area contributed by atoms with Crippen LogP contribution in [0.2, 0.25) is 0 Å². The molecule has 5 heteroatoms. The zero-order valence-electron chi connectivity index (χ0n) is 11.5. The van der Waals surface area contributed by atoms with Gasteiger partial charge in [0.2, 0.25) is 5.89 Å². The molecule has 3 rings (SSSR count). The Morgan fingerprint density at radius 2 is 2.00 bits per heavy atom. The van der Waals surface area contributed by atoms with Gasteiger partial charge in [0.15, 0.2) is 0 Å². The van der Waals surface area contributed by atoms with Gasteiger partial charge in [0.25, 0.3) is 5.89 Å². The van der Waals surface area contributed by atoms with Crippen LogP contribution in [0.15, 0.2) is 40.9 Å². The lowest BCUT2D eigenvalue weighted by molar-refractivity contribution is 0.458. The van der Waals surface area contributed by atoms with E-state index >= 15 is 0 Å². The number of nitrogens with zero attached hydrogens (tertiary/aromatic N) is 3. The highest BCUT2D eigenvalue weighted by Crippen LogP contribution is 2.25. The molecule has 0 unspecified atom stereocenters. The highest BCUT2D eigenvalue weighted by molar-refractivity contribution is 5.92. The van der Waals surface area contributed by atoms with E-state index in [1.165, 1.54) is 0 Å². The molecule has 0 spiro atoms. The summed E-state index contributed by atoms with van der Waals surface area (Å²) in [7, 11) is 0. The molecule has 5 nitrogen and oxygen atoms in total. The first-order valence-electron chi connectivity index (χ1n) is 6.64. The van der Waals surface area contributed by atoms with Gasteiger partial charge >= 0.3 is 0 Å². The van der Waals surface area contributed by atoms with Crippen molar-refractivity contribution in [1.82, 2.24) is 20.5 Å². The molecule has 0 aliphatic heterocycles. The summed E-state index contributed by atoms with van der Waals surface area (Å²) in [6, 6.07) is 10.4. The molecule has 0 aliphatic carbocycles. The number of fused-ring (bicyclic) bond motifs is 1. The Kier molecular flexibility index (Phi) is 3.43. The molecule has 2 aromatic heterocycles. The smallest absolute Gasteiger partial charge is 0.266 e. The Labute approximate surface area is 117 Å². The number of hydrogen-bond donors (Lipinski definition) is 1. The molecule has 0 fully saturated rings. The van der Waals surface area contributed by atoms with Crippen LogP contribution in [-0.2, 0) is 6.54 Å². The molecule has 20 heavy (non-hydrogen) atoms. The summed E-state index contributed by atoms with van der Waals surface area (Å²) in [5.41, 5.74) is 0.728. The SMILES string of the molecule is CC(C)NCc1nnc(-c2nccc3ccccc23)o1. The normalized spacial score (nSPS) is 11.3. The fourth-order valence-corrected chi connectivity index (χ4v) is 2.00. The second-order valence-electron chi connectivity index (χ2n) is 4.92. The Morgan fingerprint density at radius 3 is 2.85 bits per heavy atom. The average Bonchev–Trinajstić information content (AvgIpc) is 2.93. The van der Waals surface area contributed by atoms with Crippen LogP contribution in [0.25, 0.3) is 22.4 Å². The van der Waals surface area contributed by atoms with Gasteiger partial charge in [-0.1, -0.05) is 38.1 Å².